The van der Waals surface area contributed by atoms with Crippen LogP contribution in [-0.4, -0.2) is 28.7 Å². The summed E-state index contributed by atoms with van der Waals surface area (Å²) in [6.45, 7) is 6.36. The number of carboxylic acid groups (broad SMARTS) is 1. The summed E-state index contributed by atoms with van der Waals surface area (Å²) in [6.07, 6.45) is 6.10. The molecule has 2 saturated carbocycles. The van der Waals surface area contributed by atoms with Gasteiger partial charge in [0.1, 0.15) is 5.54 Å². The van der Waals surface area contributed by atoms with Crippen molar-refractivity contribution >= 4 is 12.0 Å². The monoisotopic (exact) mass is 296 g/mol. The first kappa shape index (κ1) is 16.1. The average molecular weight is 296 g/mol. The van der Waals surface area contributed by atoms with E-state index in [4.69, 9.17) is 0 Å². The first-order chi connectivity index (χ1) is 9.75. The van der Waals surface area contributed by atoms with Crippen molar-refractivity contribution in [2.45, 2.75) is 77.3 Å². The van der Waals surface area contributed by atoms with Crippen LogP contribution in [0.2, 0.25) is 0 Å². The number of urea groups is 1. The Hall–Kier alpha value is -1.26. The van der Waals surface area contributed by atoms with E-state index in [0.29, 0.717) is 18.8 Å². The molecule has 0 radical (unpaired) electrons. The number of hydrogen-bond acceptors (Lipinski definition) is 2. The molecule has 2 rings (SSSR count). The Morgan fingerprint density at radius 3 is 2.33 bits per heavy atom. The van der Waals surface area contributed by atoms with Gasteiger partial charge in [-0.05, 0) is 37.0 Å². The van der Waals surface area contributed by atoms with E-state index in [1.807, 2.05) is 0 Å². The summed E-state index contributed by atoms with van der Waals surface area (Å²) in [5.41, 5.74) is -1.00. The van der Waals surface area contributed by atoms with Crippen LogP contribution >= 0.6 is 0 Å². The number of aliphatic carboxylic acids is 1. The second-order valence-corrected chi connectivity index (χ2v) is 7.62. The van der Waals surface area contributed by atoms with E-state index in [1.165, 1.54) is 0 Å². The summed E-state index contributed by atoms with van der Waals surface area (Å²) < 4.78 is 0. The van der Waals surface area contributed by atoms with Gasteiger partial charge in [-0.25, -0.2) is 9.59 Å². The molecule has 3 N–H and O–H groups in total. The Kier molecular flexibility index (Phi) is 4.49. The molecule has 5 heteroatoms. The molecular weight excluding hydrogens is 268 g/mol. The Morgan fingerprint density at radius 1 is 1.14 bits per heavy atom. The highest BCUT2D eigenvalue weighted by molar-refractivity contribution is 5.86. The van der Waals surface area contributed by atoms with E-state index >= 15 is 0 Å². The predicted molar refractivity (Wildman–Crippen MR) is 81.1 cm³/mol. The molecule has 0 bridgehead atoms. The molecule has 2 aliphatic rings. The third kappa shape index (κ3) is 3.50. The molecule has 120 valence electrons. The molecule has 0 heterocycles. The van der Waals surface area contributed by atoms with Crippen molar-refractivity contribution in [3.8, 4) is 0 Å². The van der Waals surface area contributed by atoms with E-state index in [-0.39, 0.29) is 17.5 Å². The van der Waals surface area contributed by atoms with Gasteiger partial charge < -0.3 is 15.7 Å². The number of hydrogen-bond donors (Lipinski definition) is 3. The third-order valence-electron chi connectivity index (χ3n) is 5.32. The van der Waals surface area contributed by atoms with Gasteiger partial charge in [-0.1, -0.05) is 40.0 Å². The van der Waals surface area contributed by atoms with E-state index in [0.717, 1.165) is 32.1 Å². The summed E-state index contributed by atoms with van der Waals surface area (Å²) in [4.78, 5) is 24.0. The smallest absolute Gasteiger partial charge is 0.329 e. The second kappa shape index (κ2) is 5.85. The number of carboxylic acids is 1. The SMILES string of the molecule is CC1CCCC(NC(=O)NC2CCCC2(C)C)(C(=O)O)C1. The van der Waals surface area contributed by atoms with Crippen molar-refractivity contribution in [2.24, 2.45) is 11.3 Å². The van der Waals surface area contributed by atoms with Crippen LogP contribution in [0.25, 0.3) is 0 Å². The van der Waals surface area contributed by atoms with Crippen molar-refractivity contribution in [1.82, 2.24) is 10.6 Å². The van der Waals surface area contributed by atoms with E-state index in [9.17, 15) is 14.7 Å². The summed E-state index contributed by atoms with van der Waals surface area (Å²) in [5, 5.41) is 15.4. The van der Waals surface area contributed by atoms with E-state index < -0.39 is 11.5 Å². The number of carbonyl (C=O) groups excluding carboxylic acids is 1. The van der Waals surface area contributed by atoms with Crippen LogP contribution in [-0.2, 0) is 4.79 Å². The standard InChI is InChI=1S/C16H28N2O3/c1-11-6-4-9-16(10-11,13(19)20)18-14(21)17-12-7-5-8-15(12,2)3/h11-12H,4-10H2,1-3H3,(H,19,20)(H2,17,18,21). The van der Waals surface area contributed by atoms with Crippen molar-refractivity contribution in [3.05, 3.63) is 0 Å². The van der Waals surface area contributed by atoms with E-state index in [1.54, 1.807) is 0 Å². The zero-order valence-electron chi connectivity index (χ0n) is 13.4. The number of rotatable bonds is 3. The highest BCUT2D eigenvalue weighted by atomic mass is 16.4. The zero-order chi connectivity index (χ0) is 15.7. The Bertz CT molecular complexity index is 422. The summed E-state index contributed by atoms with van der Waals surface area (Å²) in [6, 6.07) is -0.198. The van der Waals surface area contributed by atoms with Crippen LogP contribution < -0.4 is 10.6 Å². The summed E-state index contributed by atoms with van der Waals surface area (Å²) in [7, 11) is 0. The second-order valence-electron chi connectivity index (χ2n) is 7.62. The maximum Gasteiger partial charge on any atom is 0.329 e. The Labute approximate surface area is 126 Å². The van der Waals surface area contributed by atoms with Gasteiger partial charge in [-0.2, -0.15) is 0 Å². The first-order valence-corrected chi connectivity index (χ1v) is 8.07. The average Bonchev–Trinajstić information content (AvgIpc) is 2.68. The quantitative estimate of drug-likeness (QED) is 0.749. The highest BCUT2D eigenvalue weighted by Gasteiger charge is 2.44. The van der Waals surface area contributed by atoms with Gasteiger partial charge in [-0.15, -0.1) is 0 Å². The lowest BCUT2D eigenvalue weighted by Crippen LogP contribution is -2.60. The maximum absolute atomic E-state index is 12.3. The van der Waals surface area contributed by atoms with Gasteiger partial charge in [0, 0.05) is 6.04 Å². The Morgan fingerprint density at radius 2 is 1.81 bits per heavy atom. The molecule has 3 unspecified atom stereocenters. The van der Waals surface area contributed by atoms with Gasteiger partial charge >= 0.3 is 12.0 Å². The minimum atomic E-state index is -1.09. The van der Waals surface area contributed by atoms with Gasteiger partial charge in [0.15, 0.2) is 0 Å². The van der Waals surface area contributed by atoms with E-state index in [2.05, 4.69) is 31.4 Å². The molecule has 0 aromatic carbocycles. The number of nitrogens with one attached hydrogen (secondary N) is 2. The van der Waals surface area contributed by atoms with Crippen molar-refractivity contribution in [3.63, 3.8) is 0 Å². The normalized spacial score (nSPS) is 35.2. The van der Waals surface area contributed by atoms with Crippen LogP contribution in [0.4, 0.5) is 4.79 Å². The largest absolute Gasteiger partial charge is 0.480 e. The molecule has 2 aliphatic carbocycles. The van der Waals surface area contributed by atoms with Gasteiger partial charge in [-0.3, -0.25) is 0 Å². The highest BCUT2D eigenvalue weighted by Crippen LogP contribution is 2.37. The van der Waals surface area contributed by atoms with Crippen LogP contribution in [0.5, 0.6) is 0 Å². The van der Waals surface area contributed by atoms with Crippen LogP contribution in [0.1, 0.15) is 65.7 Å². The topological polar surface area (TPSA) is 78.4 Å². The number of amides is 2. The summed E-state index contributed by atoms with van der Waals surface area (Å²) >= 11 is 0. The molecule has 2 fully saturated rings. The minimum absolute atomic E-state index is 0.0909. The molecule has 0 saturated heterocycles. The maximum atomic E-state index is 12.3. The lowest BCUT2D eigenvalue weighted by atomic mass is 9.76. The lowest BCUT2D eigenvalue weighted by Gasteiger charge is -2.38. The van der Waals surface area contributed by atoms with Gasteiger partial charge in [0.05, 0.1) is 0 Å². The zero-order valence-corrected chi connectivity index (χ0v) is 13.4. The molecule has 5 nitrogen and oxygen atoms in total. The molecule has 0 aliphatic heterocycles. The molecule has 0 spiro atoms. The van der Waals surface area contributed by atoms with Crippen LogP contribution in [0.15, 0.2) is 0 Å². The van der Waals surface area contributed by atoms with Crippen molar-refractivity contribution < 1.29 is 14.7 Å². The fourth-order valence-electron chi connectivity index (χ4n) is 3.92. The van der Waals surface area contributed by atoms with Gasteiger partial charge in [0.25, 0.3) is 0 Å². The molecule has 3 atom stereocenters. The first-order valence-electron chi connectivity index (χ1n) is 8.07. The molecule has 2 amide bonds. The number of carbonyl (C=O) groups is 2. The summed E-state index contributed by atoms with van der Waals surface area (Å²) in [5.74, 6) is -0.576. The molecule has 21 heavy (non-hydrogen) atoms. The molecular formula is C16H28N2O3. The fourth-order valence-corrected chi connectivity index (χ4v) is 3.92. The molecule has 0 aromatic rings. The van der Waals surface area contributed by atoms with Gasteiger partial charge in [0.2, 0.25) is 0 Å². The Balaban J connectivity index is 2.00. The minimum Gasteiger partial charge on any atom is -0.480 e. The third-order valence-corrected chi connectivity index (χ3v) is 5.32. The van der Waals surface area contributed by atoms with Crippen molar-refractivity contribution in [2.75, 3.05) is 0 Å². The lowest BCUT2D eigenvalue weighted by molar-refractivity contribution is -0.146. The van der Waals surface area contributed by atoms with Crippen molar-refractivity contribution in [1.29, 1.82) is 0 Å². The predicted octanol–water partition coefficient (Wildman–Crippen LogP) is 2.90. The fraction of sp³-hybridized carbons (Fsp3) is 0.875. The van der Waals surface area contributed by atoms with Crippen LogP contribution in [0, 0.1) is 11.3 Å². The molecule has 0 aromatic heterocycles. The van der Waals surface area contributed by atoms with Crippen LogP contribution in [0.3, 0.4) is 0 Å².